The molecule has 94 valence electrons. The van der Waals surface area contributed by atoms with E-state index in [2.05, 4.69) is 35.0 Å². The van der Waals surface area contributed by atoms with Gasteiger partial charge in [-0.2, -0.15) is 0 Å². The van der Waals surface area contributed by atoms with E-state index in [0.29, 0.717) is 0 Å². The van der Waals surface area contributed by atoms with Crippen LogP contribution >= 0.6 is 27.3 Å². The largest absolute Gasteiger partial charge is 0.319 e. The Morgan fingerprint density at radius 2 is 2.17 bits per heavy atom. The summed E-state index contributed by atoms with van der Waals surface area (Å²) >= 11 is 5.25. The molecule has 0 saturated heterocycles. The Kier molecular flexibility index (Phi) is 3.04. The number of halogens is 1. The Bertz CT molecular complexity index is 587. The summed E-state index contributed by atoms with van der Waals surface area (Å²) in [7, 11) is 0. The number of benzene rings is 1. The standard InChI is InChI=1S/C14H15BrN2S/c1-9-12(10-4-2-5-11(15)8-10)17-13(18-9)14(16)6-3-7-14/h2,4-5,8H,3,6-7,16H2,1H3. The molecule has 1 aromatic heterocycles. The van der Waals surface area contributed by atoms with Crippen LogP contribution in [0.4, 0.5) is 0 Å². The van der Waals surface area contributed by atoms with Crippen LogP contribution < -0.4 is 5.73 Å². The highest BCUT2D eigenvalue weighted by atomic mass is 79.9. The molecule has 18 heavy (non-hydrogen) atoms. The molecule has 1 aromatic carbocycles. The Hall–Kier alpha value is -0.710. The summed E-state index contributed by atoms with van der Waals surface area (Å²) in [4.78, 5) is 6.04. The molecular formula is C14H15BrN2S. The first-order valence-electron chi connectivity index (χ1n) is 6.11. The van der Waals surface area contributed by atoms with E-state index in [0.717, 1.165) is 33.6 Å². The maximum atomic E-state index is 6.35. The van der Waals surface area contributed by atoms with E-state index in [1.165, 1.54) is 11.3 Å². The fourth-order valence-corrected chi connectivity index (χ4v) is 3.78. The van der Waals surface area contributed by atoms with Gasteiger partial charge in [0.25, 0.3) is 0 Å². The van der Waals surface area contributed by atoms with Crippen LogP contribution in [0.25, 0.3) is 11.3 Å². The molecule has 1 heterocycles. The first kappa shape index (κ1) is 12.3. The molecule has 0 radical (unpaired) electrons. The van der Waals surface area contributed by atoms with E-state index in [9.17, 15) is 0 Å². The monoisotopic (exact) mass is 322 g/mol. The topological polar surface area (TPSA) is 38.9 Å². The van der Waals surface area contributed by atoms with E-state index >= 15 is 0 Å². The molecule has 1 aliphatic rings. The molecule has 0 amide bonds. The van der Waals surface area contributed by atoms with Crippen molar-refractivity contribution in [1.29, 1.82) is 0 Å². The van der Waals surface area contributed by atoms with Gasteiger partial charge in [-0.15, -0.1) is 11.3 Å². The van der Waals surface area contributed by atoms with Gasteiger partial charge >= 0.3 is 0 Å². The van der Waals surface area contributed by atoms with Gasteiger partial charge in [0.05, 0.1) is 11.2 Å². The summed E-state index contributed by atoms with van der Waals surface area (Å²) in [5.74, 6) is 0. The van der Waals surface area contributed by atoms with Gasteiger partial charge in [-0.25, -0.2) is 4.98 Å². The van der Waals surface area contributed by atoms with E-state index in [4.69, 9.17) is 10.7 Å². The van der Waals surface area contributed by atoms with Gasteiger partial charge < -0.3 is 5.73 Å². The van der Waals surface area contributed by atoms with Crippen molar-refractivity contribution >= 4 is 27.3 Å². The van der Waals surface area contributed by atoms with Crippen molar-refractivity contribution in [3.63, 3.8) is 0 Å². The number of aryl methyl sites for hydroxylation is 1. The zero-order chi connectivity index (χ0) is 12.8. The molecule has 0 unspecified atom stereocenters. The molecule has 0 spiro atoms. The molecule has 1 fully saturated rings. The number of nitrogens with two attached hydrogens (primary N) is 1. The van der Waals surface area contributed by atoms with Gasteiger partial charge in [0.1, 0.15) is 5.01 Å². The van der Waals surface area contributed by atoms with Gasteiger partial charge in [0.2, 0.25) is 0 Å². The Labute approximate surface area is 119 Å². The van der Waals surface area contributed by atoms with Gasteiger partial charge in [0.15, 0.2) is 0 Å². The fraction of sp³-hybridized carbons (Fsp3) is 0.357. The van der Waals surface area contributed by atoms with Crippen LogP contribution in [0.15, 0.2) is 28.7 Å². The maximum Gasteiger partial charge on any atom is 0.113 e. The van der Waals surface area contributed by atoms with E-state index in [1.54, 1.807) is 11.3 Å². The van der Waals surface area contributed by atoms with Crippen LogP contribution in [0.3, 0.4) is 0 Å². The molecule has 1 aliphatic carbocycles. The minimum Gasteiger partial charge on any atom is -0.319 e. The SMILES string of the molecule is Cc1sc(C2(N)CCC2)nc1-c1cccc(Br)c1. The van der Waals surface area contributed by atoms with E-state index in [-0.39, 0.29) is 5.54 Å². The quantitative estimate of drug-likeness (QED) is 0.899. The van der Waals surface area contributed by atoms with Crippen LogP contribution in [0.5, 0.6) is 0 Å². The summed E-state index contributed by atoms with van der Waals surface area (Å²) < 4.78 is 1.08. The van der Waals surface area contributed by atoms with Crippen LogP contribution in [0.1, 0.15) is 29.1 Å². The first-order chi connectivity index (χ1) is 8.58. The second kappa shape index (κ2) is 4.44. The Morgan fingerprint density at radius 1 is 1.39 bits per heavy atom. The predicted octanol–water partition coefficient (Wildman–Crippen LogP) is 4.22. The van der Waals surface area contributed by atoms with Gasteiger partial charge in [-0.1, -0.05) is 28.1 Å². The predicted molar refractivity (Wildman–Crippen MR) is 79.7 cm³/mol. The smallest absolute Gasteiger partial charge is 0.113 e. The van der Waals surface area contributed by atoms with Crippen molar-refractivity contribution in [3.05, 3.63) is 38.6 Å². The van der Waals surface area contributed by atoms with Crippen molar-refractivity contribution in [3.8, 4) is 11.3 Å². The highest BCUT2D eigenvalue weighted by Crippen LogP contribution is 2.42. The fourth-order valence-electron chi connectivity index (χ4n) is 2.28. The number of nitrogens with zero attached hydrogens (tertiary/aromatic N) is 1. The van der Waals surface area contributed by atoms with Crippen LogP contribution in [-0.4, -0.2) is 4.98 Å². The average Bonchev–Trinajstić information content (AvgIpc) is 2.68. The Morgan fingerprint density at radius 3 is 2.78 bits per heavy atom. The molecule has 3 rings (SSSR count). The summed E-state index contributed by atoms with van der Waals surface area (Å²) in [5, 5.41) is 1.10. The van der Waals surface area contributed by atoms with Crippen LogP contribution in [-0.2, 0) is 5.54 Å². The third-order valence-corrected chi connectivity index (χ3v) is 5.25. The number of hydrogen-bond donors (Lipinski definition) is 1. The highest BCUT2D eigenvalue weighted by molar-refractivity contribution is 9.10. The van der Waals surface area contributed by atoms with Crippen LogP contribution in [0.2, 0.25) is 0 Å². The maximum absolute atomic E-state index is 6.35. The van der Waals surface area contributed by atoms with Gasteiger partial charge in [-0.3, -0.25) is 0 Å². The lowest BCUT2D eigenvalue weighted by molar-refractivity contribution is 0.253. The third-order valence-electron chi connectivity index (χ3n) is 3.57. The highest BCUT2D eigenvalue weighted by Gasteiger charge is 2.37. The molecule has 0 aliphatic heterocycles. The van der Waals surface area contributed by atoms with Gasteiger partial charge in [0, 0.05) is 14.9 Å². The van der Waals surface area contributed by atoms with Crippen molar-refractivity contribution in [2.75, 3.05) is 0 Å². The van der Waals surface area contributed by atoms with Crippen molar-refractivity contribution in [1.82, 2.24) is 4.98 Å². The van der Waals surface area contributed by atoms with Crippen molar-refractivity contribution in [2.45, 2.75) is 31.7 Å². The minimum atomic E-state index is -0.153. The zero-order valence-electron chi connectivity index (χ0n) is 10.2. The summed E-state index contributed by atoms with van der Waals surface area (Å²) in [5.41, 5.74) is 8.44. The molecule has 4 heteroatoms. The first-order valence-corrected chi connectivity index (χ1v) is 7.72. The summed E-state index contributed by atoms with van der Waals surface area (Å²) in [6.07, 6.45) is 3.36. The zero-order valence-corrected chi connectivity index (χ0v) is 12.6. The van der Waals surface area contributed by atoms with E-state index in [1.807, 2.05) is 12.1 Å². The molecule has 2 nitrogen and oxygen atoms in total. The normalized spacial score (nSPS) is 17.5. The second-order valence-corrected chi connectivity index (χ2v) is 7.06. The molecule has 2 N–H and O–H groups in total. The van der Waals surface area contributed by atoms with E-state index < -0.39 is 0 Å². The minimum absolute atomic E-state index is 0.153. The molecule has 0 atom stereocenters. The molecule has 0 bridgehead atoms. The number of hydrogen-bond acceptors (Lipinski definition) is 3. The molecule has 2 aromatic rings. The molecule has 1 saturated carbocycles. The van der Waals surface area contributed by atoms with Gasteiger partial charge in [-0.05, 0) is 38.3 Å². The van der Waals surface area contributed by atoms with Crippen molar-refractivity contribution < 1.29 is 0 Å². The number of aromatic nitrogens is 1. The lowest BCUT2D eigenvalue weighted by Crippen LogP contribution is -2.43. The lowest BCUT2D eigenvalue weighted by Gasteiger charge is -2.35. The Balaban J connectivity index is 2.03. The summed E-state index contributed by atoms with van der Waals surface area (Å²) in [6.45, 7) is 2.12. The molecular weight excluding hydrogens is 308 g/mol. The third kappa shape index (κ3) is 2.02. The second-order valence-electron chi connectivity index (χ2n) is 4.94. The summed E-state index contributed by atoms with van der Waals surface area (Å²) in [6, 6.07) is 8.28. The lowest BCUT2D eigenvalue weighted by atomic mass is 9.78. The number of rotatable bonds is 2. The average molecular weight is 323 g/mol. The van der Waals surface area contributed by atoms with Crippen LogP contribution in [0, 0.1) is 6.92 Å². The van der Waals surface area contributed by atoms with Crippen molar-refractivity contribution in [2.24, 2.45) is 5.73 Å². The number of thiazole rings is 1.